The zero-order valence-electron chi connectivity index (χ0n) is 42.6. The molecule has 0 saturated carbocycles. The number of carbonyl (C=O) groups excluding carboxylic acids is 3. The van der Waals surface area contributed by atoms with Crippen LogP contribution in [0.4, 0.5) is 0 Å². The highest BCUT2D eigenvalue weighted by Crippen LogP contribution is 2.15. The van der Waals surface area contributed by atoms with Gasteiger partial charge < -0.3 is 14.2 Å². The van der Waals surface area contributed by atoms with E-state index in [1.165, 1.54) is 154 Å². The van der Waals surface area contributed by atoms with E-state index < -0.39 is 6.10 Å². The van der Waals surface area contributed by atoms with Gasteiger partial charge in [0.1, 0.15) is 13.2 Å². The minimum Gasteiger partial charge on any atom is -0.462 e. The first-order chi connectivity index (χ1) is 31.5. The molecule has 0 fully saturated rings. The van der Waals surface area contributed by atoms with Gasteiger partial charge in [-0.2, -0.15) is 0 Å². The Morgan fingerprint density at radius 2 is 0.609 bits per heavy atom. The van der Waals surface area contributed by atoms with E-state index in [-0.39, 0.29) is 31.1 Å². The van der Waals surface area contributed by atoms with Crippen molar-refractivity contribution in [2.24, 2.45) is 0 Å². The van der Waals surface area contributed by atoms with Crippen LogP contribution in [0.1, 0.15) is 284 Å². The molecule has 0 saturated heterocycles. The summed E-state index contributed by atoms with van der Waals surface area (Å²) in [6, 6.07) is 0. The molecule has 0 N–H and O–H groups in total. The number of ether oxygens (including phenoxy) is 3. The van der Waals surface area contributed by atoms with Crippen molar-refractivity contribution in [3.05, 3.63) is 48.6 Å². The van der Waals surface area contributed by atoms with Crippen molar-refractivity contribution in [1.29, 1.82) is 0 Å². The lowest BCUT2D eigenvalue weighted by Gasteiger charge is -2.18. The zero-order valence-corrected chi connectivity index (χ0v) is 42.6. The summed E-state index contributed by atoms with van der Waals surface area (Å²) < 4.78 is 16.8. The van der Waals surface area contributed by atoms with Crippen molar-refractivity contribution in [3.8, 4) is 0 Å². The molecular weight excluding hydrogens is 793 g/mol. The van der Waals surface area contributed by atoms with Crippen LogP contribution in [0.5, 0.6) is 0 Å². The van der Waals surface area contributed by atoms with Crippen LogP contribution in [-0.2, 0) is 28.6 Å². The van der Waals surface area contributed by atoms with Crippen LogP contribution in [0.2, 0.25) is 0 Å². The lowest BCUT2D eigenvalue weighted by atomic mass is 10.1. The molecule has 0 aromatic carbocycles. The third kappa shape index (κ3) is 50.4. The largest absolute Gasteiger partial charge is 0.462 e. The summed E-state index contributed by atoms with van der Waals surface area (Å²) in [5.41, 5.74) is 0. The Kier molecular flexibility index (Phi) is 50.8. The van der Waals surface area contributed by atoms with E-state index in [2.05, 4.69) is 69.4 Å². The predicted molar refractivity (Wildman–Crippen MR) is 275 cm³/mol. The number of esters is 3. The van der Waals surface area contributed by atoms with Gasteiger partial charge in [-0.25, -0.2) is 0 Å². The molecule has 6 heteroatoms. The number of allylic oxidation sites excluding steroid dienone is 8. The maximum Gasteiger partial charge on any atom is 0.306 e. The van der Waals surface area contributed by atoms with Gasteiger partial charge in [0.2, 0.25) is 0 Å². The monoisotopic (exact) mass is 897 g/mol. The van der Waals surface area contributed by atoms with Crippen molar-refractivity contribution in [1.82, 2.24) is 0 Å². The fourth-order valence-corrected chi connectivity index (χ4v) is 7.88. The summed E-state index contributed by atoms with van der Waals surface area (Å²) in [5, 5.41) is 0. The summed E-state index contributed by atoms with van der Waals surface area (Å²) in [4.78, 5) is 38.0. The molecule has 0 rings (SSSR count). The summed E-state index contributed by atoms with van der Waals surface area (Å²) in [6.45, 7) is 6.60. The predicted octanol–water partition coefficient (Wildman–Crippen LogP) is 18.3. The van der Waals surface area contributed by atoms with E-state index in [1.807, 2.05) is 0 Å². The third-order valence-corrected chi connectivity index (χ3v) is 12.1. The second-order valence-electron chi connectivity index (χ2n) is 18.5. The summed E-state index contributed by atoms with van der Waals surface area (Å²) in [6.07, 6.45) is 63.8. The number of hydrogen-bond donors (Lipinski definition) is 0. The summed E-state index contributed by atoms with van der Waals surface area (Å²) in [7, 11) is 0. The molecule has 0 heterocycles. The van der Waals surface area contributed by atoms with Gasteiger partial charge >= 0.3 is 17.9 Å². The number of unbranched alkanes of at least 4 members (excludes halogenated alkanes) is 32. The topological polar surface area (TPSA) is 78.9 Å². The lowest BCUT2D eigenvalue weighted by Crippen LogP contribution is -2.30. The van der Waals surface area contributed by atoms with Crippen molar-refractivity contribution < 1.29 is 28.6 Å². The Bertz CT molecular complexity index is 1120. The van der Waals surface area contributed by atoms with Crippen LogP contribution >= 0.6 is 0 Å². The average molecular weight is 897 g/mol. The smallest absolute Gasteiger partial charge is 0.306 e. The van der Waals surface area contributed by atoms with Crippen molar-refractivity contribution in [2.75, 3.05) is 13.2 Å². The van der Waals surface area contributed by atoms with Gasteiger partial charge in [-0.1, -0.05) is 236 Å². The molecule has 64 heavy (non-hydrogen) atoms. The lowest BCUT2D eigenvalue weighted by molar-refractivity contribution is -0.167. The molecule has 0 aliphatic heterocycles. The maximum absolute atomic E-state index is 12.8. The molecule has 0 radical (unpaired) electrons. The van der Waals surface area contributed by atoms with Crippen LogP contribution in [0.15, 0.2) is 48.6 Å². The second-order valence-corrected chi connectivity index (χ2v) is 18.5. The summed E-state index contributed by atoms with van der Waals surface area (Å²) in [5.74, 6) is -0.893. The Morgan fingerprint density at radius 3 is 0.984 bits per heavy atom. The molecule has 0 aliphatic rings. The van der Waals surface area contributed by atoms with Crippen LogP contribution in [-0.4, -0.2) is 37.2 Å². The summed E-state index contributed by atoms with van der Waals surface area (Å²) >= 11 is 0. The highest BCUT2D eigenvalue weighted by molar-refractivity contribution is 5.71. The Balaban J connectivity index is 4.37. The minimum absolute atomic E-state index is 0.0791. The van der Waals surface area contributed by atoms with Gasteiger partial charge in [0.25, 0.3) is 0 Å². The Morgan fingerprint density at radius 1 is 0.328 bits per heavy atom. The number of carbonyl (C=O) groups is 3. The van der Waals surface area contributed by atoms with E-state index in [1.54, 1.807) is 0 Å². The second kappa shape index (κ2) is 53.0. The third-order valence-electron chi connectivity index (χ3n) is 12.1. The molecule has 1 unspecified atom stereocenters. The van der Waals surface area contributed by atoms with Gasteiger partial charge in [-0.3, -0.25) is 14.4 Å². The van der Waals surface area contributed by atoms with E-state index in [0.29, 0.717) is 19.3 Å². The van der Waals surface area contributed by atoms with Gasteiger partial charge in [0.05, 0.1) is 0 Å². The van der Waals surface area contributed by atoms with Crippen molar-refractivity contribution >= 4 is 17.9 Å². The standard InChI is InChI=1S/C58H104O6/c1-4-7-10-13-16-19-22-24-26-28-30-31-33-36-39-42-45-48-51-57(60)63-54-55(53-62-56(59)50-47-44-41-38-35-21-18-15-12-9-6-3)64-58(61)52-49-46-43-40-37-34-32-29-27-25-23-20-17-14-11-8-5-2/h17,20,25-28,30-31,55H,4-16,18-19,21-24,29,32-54H2,1-3H3/b20-17-,27-25-,28-26-,31-30-. The highest BCUT2D eigenvalue weighted by Gasteiger charge is 2.19. The normalized spacial score (nSPS) is 12.4. The molecule has 372 valence electrons. The van der Waals surface area contributed by atoms with Crippen molar-refractivity contribution in [2.45, 2.75) is 290 Å². The highest BCUT2D eigenvalue weighted by atomic mass is 16.6. The SMILES string of the molecule is CCCCC/C=C\C/C=C\CCCCCCCCCC(=O)OC(COC(=O)CCCCCCC/C=C\C=C/CCCCCCCCC)COC(=O)CCCCCCCCCCCCC. The molecule has 0 bridgehead atoms. The van der Waals surface area contributed by atoms with Gasteiger partial charge in [0, 0.05) is 19.3 Å². The first kappa shape index (κ1) is 61.4. The van der Waals surface area contributed by atoms with Gasteiger partial charge in [0.15, 0.2) is 6.10 Å². The van der Waals surface area contributed by atoms with Crippen LogP contribution in [0.3, 0.4) is 0 Å². The van der Waals surface area contributed by atoms with E-state index in [0.717, 1.165) is 89.9 Å². The Labute approximate surface area is 397 Å². The zero-order chi connectivity index (χ0) is 46.5. The first-order valence-corrected chi connectivity index (χ1v) is 27.7. The molecule has 0 aliphatic carbocycles. The minimum atomic E-state index is -0.781. The average Bonchev–Trinajstić information content (AvgIpc) is 3.29. The molecule has 0 aromatic heterocycles. The Hall–Kier alpha value is -2.63. The van der Waals surface area contributed by atoms with Crippen LogP contribution in [0.25, 0.3) is 0 Å². The fourth-order valence-electron chi connectivity index (χ4n) is 7.88. The van der Waals surface area contributed by atoms with E-state index in [4.69, 9.17) is 14.2 Å². The van der Waals surface area contributed by atoms with Crippen LogP contribution < -0.4 is 0 Å². The van der Waals surface area contributed by atoms with Gasteiger partial charge in [-0.05, 0) is 77.0 Å². The van der Waals surface area contributed by atoms with Crippen LogP contribution in [0, 0.1) is 0 Å². The molecule has 0 spiro atoms. The molecule has 6 nitrogen and oxygen atoms in total. The maximum atomic E-state index is 12.8. The molecule has 0 aromatic rings. The molecular formula is C58H104O6. The number of rotatable bonds is 50. The van der Waals surface area contributed by atoms with Crippen molar-refractivity contribution in [3.63, 3.8) is 0 Å². The van der Waals surface area contributed by atoms with E-state index >= 15 is 0 Å². The van der Waals surface area contributed by atoms with Gasteiger partial charge in [-0.15, -0.1) is 0 Å². The molecule has 0 amide bonds. The molecule has 1 atom stereocenters. The number of hydrogen-bond acceptors (Lipinski definition) is 6. The first-order valence-electron chi connectivity index (χ1n) is 27.7. The van der Waals surface area contributed by atoms with E-state index in [9.17, 15) is 14.4 Å². The quantitative estimate of drug-likeness (QED) is 0.0199. The fraction of sp³-hybridized carbons (Fsp3) is 0.810.